The normalized spacial score (nSPS) is 10.4. The molecule has 23 heavy (non-hydrogen) atoms. The Morgan fingerprint density at radius 3 is 2.48 bits per heavy atom. The summed E-state index contributed by atoms with van der Waals surface area (Å²) in [6.07, 6.45) is 0. The molecule has 0 aliphatic rings. The molecule has 0 fully saturated rings. The van der Waals surface area contributed by atoms with E-state index in [9.17, 15) is 14.0 Å². The summed E-state index contributed by atoms with van der Waals surface area (Å²) in [7, 11) is 2.47. The largest absolute Gasteiger partial charge is 0.465 e. The zero-order chi connectivity index (χ0) is 17.0. The Bertz CT molecular complexity index is 745. The van der Waals surface area contributed by atoms with E-state index in [2.05, 4.69) is 0 Å². The number of thioether (sulfide) groups is 1. The molecular weight excluding hydrogens is 341 g/mol. The van der Waals surface area contributed by atoms with Gasteiger partial charge < -0.3 is 15.2 Å². The lowest BCUT2D eigenvalue weighted by Gasteiger charge is -2.07. The lowest BCUT2D eigenvalue weighted by Crippen LogP contribution is -2.08. The first kappa shape index (κ1) is 17.3. The highest BCUT2D eigenvalue weighted by Gasteiger charge is 2.27. The highest BCUT2D eigenvalue weighted by atomic mass is 32.2. The van der Waals surface area contributed by atoms with E-state index in [1.807, 2.05) is 0 Å². The van der Waals surface area contributed by atoms with E-state index in [1.165, 1.54) is 20.3 Å². The van der Waals surface area contributed by atoms with Gasteiger partial charge in [0.25, 0.3) is 0 Å². The van der Waals surface area contributed by atoms with E-state index in [-0.39, 0.29) is 27.0 Å². The van der Waals surface area contributed by atoms with Crippen molar-refractivity contribution in [2.75, 3.05) is 20.0 Å². The highest BCUT2D eigenvalue weighted by Crippen LogP contribution is 2.36. The van der Waals surface area contributed by atoms with Crippen LogP contribution in [-0.4, -0.2) is 26.2 Å². The van der Waals surface area contributed by atoms with Crippen LogP contribution in [0.1, 0.15) is 25.6 Å². The van der Waals surface area contributed by atoms with Gasteiger partial charge in [0.15, 0.2) is 0 Å². The molecule has 2 rings (SSSR count). The van der Waals surface area contributed by atoms with Crippen LogP contribution in [0.15, 0.2) is 29.2 Å². The smallest absolute Gasteiger partial charge is 0.348 e. The van der Waals surface area contributed by atoms with Crippen molar-refractivity contribution >= 4 is 40.0 Å². The maximum Gasteiger partial charge on any atom is 0.348 e. The Hall–Kier alpha value is -2.06. The second kappa shape index (κ2) is 7.47. The fourth-order valence-corrected chi connectivity index (χ4v) is 3.97. The van der Waals surface area contributed by atoms with Gasteiger partial charge in [-0.2, -0.15) is 0 Å². The van der Waals surface area contributed by atoms with Crippen LogP contribution in [0.25, 0.3) is 0 Å². The number of hydrogen-bond acceptors (Lipinski definition) is 7. The number of anilines is 1. The van der Waals surface area contributed by atoms with Gasteiger partial charge in [0.05, 0.1) is 19.8 Å². The number of ether oxygens (including phenoxy) is 2. The average Bonchev–Trinajstić information content (AvgIpc) is 2.89. The number of hydrogen-bond donors (Lipinski definition) is 1. The molecule has 122 valence electrons. The minimum atomic E-state index is -0.641. The molecule has 1 heterocycles. The first-order valence-electron chi connectivity index (χ1n) is 6.44. The van der Waals surface area contributed by atoms with Crippen LogP contribution in [0, 0.1) is 5.82 Å². The molecular formula is C15H14FNO4S2. The summed E-state index contributed by atoms with van der Waals surface area (Å²) in [5.41, 5.74) is 6.35. The number of benzene rings is 1. The van der Waals surface area contributed by atoms with Crippen molar-refractivity contribution in [3.63, 3.8) is 0 Å². The molecule has 1 aromatic carbocycles. The number of carbonyl (C=O) groups is 2. The van der Waals surface area contributed by atoms with Crippen molar-refractivity contribution in [3.8, 4) is 0 Å². The molecule has 0 bridgehead atoms. The molecule has 2 aromatic rings. The van der Waals surface area contributed by atoms with Crippen molar-refractivity contribution in [3.05, 3.63) is 46.1 Å². The van der Waals surface area contributed by atoms with Crippen molar-refractivity contribution in [1.29, 1.82) is 0 Å². The summed E-state index contributed by atoms with van der Waals surface area (Å²) in [5, 5.41) is 0.168. The Morgan fingerprint density at radius 1 is 1.22 bits per heavy atom. The summed E-state index contributed by atoms with van der Waals surface area (Å²) >= 11 is 2.11. The molecule has 0 unspecified atom stereocenters. The quantitative estimate of drug-likeness (QED) is 0.655. The van der Waals surface area contributed by atoms with E-state index in [4.69, 9.17) is 15.2 Å². The third kappa shape index (κ3) is 3.65. The molecule has 0 amide bonds. The summed E-state index contributed by atoms with van der Waals surface area (Å²) in [6, 6.07) is 6.25. The summed E-state index contributed by atoms with van der Waals surface area (Å²) in [4.78, 5) is 24.4. The summed E-state index contributed by atoms with van der Waals surface area (Å²) < 4.78 is 23.1. The van der Waals surface area contributed by atoms with E-state index < -0.39 is 11.9 Å². The maximum atomic E-state index is 13.7. The molecule has 2 N–H and O–H groups in total. The summed E-state index contributed by atoms with van der Waals surface area (Å²) in [5.74, 6) is -1.43. The molecule has 8 heteroatoms. The second-order valence-corrected chi connectivity index (χ2v) is 6.42. The van der Waals surface area contributed by atoms with Crippen LogP contribution in [0.4, 0.5) is 9.39 Å². The van der Waals surface area contributed by atoms with Crippen LogP contribution < -0.4 is 5.73 Å². The van der Waals surface area contributed by atoms with Gasteiger partial charge in [0.2, 0.25) is 0 Å². The van der Waals surface area contributed by atoms with Gasteiger partial charge in [-0.05, 0) is 12.1 Å². The fraction of sp³-hybridized carbons (Fsp3) is 0.200. The van der Waals surface area contributed by atoms with Gasteiger partial charge in [-0.1, -0.05) is 12.1 Å². The van der Waals surface area contributed by atoms with Gasteiger partial charge in [-0.25, -0.2) is 14.0 Å². The molecule has 0 spiro atoms. The SMILES string of the molecule is COC(=O)c1sc(N)c(C(=O)OC)c1CSc1ccccc1F. The van der Waals surface area contributed by atoms with Gasteiger partial charge in [-0.15, -0.1) is 23.1 Å². The Balaban J connectivity index is 2.40. The van der Waals surface area contributed by atoms with Gasteiger partial charge in [0.1, 0.15) is 15.7 Å². The Kier molecular flexibility index (Phi) is 5.62. The third-order valence-electron chi connectivity index (χ3n) is 3.00. The highest BCUT2D eigenvalue weighted by molar-refractivity contribution is 7.98. The monoisotopic (exact) mass is 355 g/mol. The third-order valence-corrected chi connectivity index (χ3v) is 5.12. The zero-order valence-corrected chi connectivity index (χ0v) is 14.1. The molecule has 0 aliphatic carbocycles. The van der Waals surface area contributed by atoms with Gasteiger partial charge in [-0.3, -0.25) is 0 Å². The first-order chi connectivity index (χ1) is 11.0. The van der Waals surface area contributed by atoms with Crippen molar-refractivity contribution in [2.45, 2.75) is 10.6 Å². The minimum absolute atomic E-state index is 0.127. The second-order valence-electron chi connectivity index (χ2n) is 4.35. The molecule has 0 aliphatic heterocycles. The number of esters is 2. The molecule has 0 radical (unpaired) electrons. The van der Waals surface area contributed by atoms with E-state index in [0.717, 1.165) is 23.1 Å². The predicted molar refractivity (Wildman–Crippen MR) is 87.4 cm³/mol. The predicted octanol–water partition coefficient (Wildman–Crippen LogP) is 3.33. The van der Waals surface area contributed by atoms with Crippen molar-refractivity contribution in [2.24, 2.45) is 0 Å². The zero-order valence-electron chi connectivity index (χ0n) is 12.4. The average molecular weight is 355 g/mol. The Morgan fingerprint density at radius 2 is 1.87 bits per heavy atom. The van der Waals surface area contributed by atoms with E-state index in [0.29, 0.717) is 10.5 Å². The Labute approximate surface area is 140 Å². The minimum Gasteiger partial charge on any atom is -0.465 e. The molecule has 0 saturated carbocycles. The molecule has 0 saturated heterocycles. The van der Waals surface area contributed by atoms with E-state index >= 15 is 0 Å². The van der Waals surface area contributed by atoms with Gasteiger partial charge >= 0.3 is 11.9 Å². The van der Waals surface area contributed by atoms with Crippen molar-refractivity contribution in [1.82, 2.24) is 0 Å². The van der Waals surface area contributed by atoms with Crippen LogP contribution in [0.5, 0.6) is 0 Å². The lowest BCUT2D eigenvalue weighted by molar-refractivity contribution is 0.0601. The molecule has 1 aromatic heterocycles. The van der Waals surface area contributed by atoms with Crippen LogP contribution in [0.3, 0.4) is 0 Å². The van der Waals surface area contributed by atoms with Crippen LogP contribution in [-0.2, 0) is 15.2 Å². The summed E-state index contributed by atoms with van der Waals surface area (Å²) in [6.45, 7) is 0. The van der Waals surface area contributed by atoms with Crippen molar-refractivity contribution < 1.29 is 23.5 Å². The van der Waals surface area contributed by atoms with Crippen LogP contribution in [0.2, 0.25) is 0 Å². The van der Waals surface area contributed by atoms with Gasteiger partial charge in [0, 0.05) is 16.2 Å². The number of carbonyl (C=O) groups excluding carboxylic acids is 2. The number of halogens is 1. The number of nitrogen functional groups attached to an aromatic ring is 1. The standard InChI is InChI=1S/C15H14FNO4S2/c1-20-14(18)11-8(12(15(19)21-2)23-13(11)17)7-22-10-6-4-3-5-9(10)16/h3-6H,7,17H2,1-2H3. The maximum absolute atomic E-state index is 13.7. The molecule has 0 atom stereocenters. The number of thiophene rings is 1. The van der Waals surface area contributed by atoms with E-state index in [1.54, 1.807) is 18.2 Å². The fourth-order valence-electron chi connectivity index (χ4n) is 1.92. The number of nitrogens with two attached hydrogens (primary N) is 1. The topological polar surface area (TPSA) is 78.6 Å². The lowest BCUT2D eigenvalue weighted by atomic mass is 10.1. The van der Waals surface area contributed by atoms with Crippen LogP contribution >= 0.6 is 23.1 Å². The number of methoxy groups -OCH3 is 2. The number of rotatable bonds is 5. The first-order valence-corrected chi connectivity index (χ1v) is 8.24. The molecule has 5 nitrogen and oxygen atoms in total.